The van der Waals surface area contributed by atoms with E-state index in [0.29, 0.717) is 76.8 Å². The summed E-state index contributed by atoms with van der Waals surface area (Å²) < 4.78 is 5.06. The molecule has 0 unspecified atom stereocenters. The lowest BCUT2D eigenvalue weighted by Gasteiger charge is -2.29. The third-order valence-electron chi connectivity index (χ3n) is 11.4. The third-order valence-corrected chi connectivity index (χ3v) is 11.4. The number of phenols is 1. The van der Waals surface area contributed by atoms with E-state index in [0.717, 1.165) is 28.8 Å². The highest BCUT2D eigenvalue weighted by molar-refractivity contribution is 5.92. The Morgan fingerprint density at radius 1 is 0.707 bits per heavy atom. The average Bonchev–Trinajstić information content (AvgIpc) is 3.80. The van der Waals surface area contributed by atoms with E-state index in [1.807, 2.05) is 48.5 Å². The minimum absolute atomic E-state index is 0.0584. The number of rotatable bonds is 30. The van der Waals surface area contributed by atoms with Crippen molar-refractivity contribution in [2.75, 3.05) is 57.7 Å². The van der Waals surface area contributed by atoms with E-state index in [9.17, 15) is 38.7 Å². The number of guanidine groups is 1. The number of anilines is 1. The van der Waals surface area contributed by atoms with Gasteiger partial charge in [-0.1, -0.05) is 61.9 Å². The summed E-state index contributed by atoms with van der Waals surface area (Å²) >= 11 is 0. The van der Waals surface area contributed by atoms with Crippen molar-refractivity contribution in [1.82, 2.24) is 52.9 Å². The summed E-state index contributed by atoms with van der Waals surface area (Å²) in [7, 11) is 0. The summed E-state index contributed by atoms with van der Waals surface area (Å²) in [6.07, 6.45) is 3.30. The predicted octanol–water partition coefficient (Wildman–Crippen LogP) is 3.40. The molecular formula is C52H77N13O10. The number of phenolic OH excluding ortho intramolecular Hbond substituents is 1. The second-order valence-corrected chi connectivity index (χ2v) is 18.7. The SMILES string of the molecule is CCC(=O)NCCNC(=O)/N=C(/N)NCCC[C@@H](NC(=O)[C@H](c1cccc(NCCCNC(=O)CCCCCNC(=O)NCCONC(=O)OC(C)(C)C)c1)N1Cc2ccccc2C1)C(=O)NCc1ccc(O)cc1. The Morgan fingerprint density at radius 2 is 1.39 bits per heavy atom. The number of fused-ring (bicyclic) bond motifs is 1. The third kappa shape index (κ3) is 24.3. The Morgan fingerprint density at radius 3 is 2.11 bits per heavy atom. The lowest BCUT2D eigenvalue weighted by atomic mass is 10.0. The molecule has 75 heavy (non-hydrogen) atoms. The van der Waals surface area contributed by atoms with Crippen molar-refractivity contribution in [2.45, 2.75) is 116 Å². The molecule has 1 aliphatic heterocycles. The lowest BCUT2D eigenvalue weighted by molar-refractivity contribution is -0.132. The maximum Gasteiger partial charge on any atom is 0.431 e. The fourth-order valence-corrected chi connectivity index (χ4v) is 7.66. The minimum atomic E-state index is -0.966. The van der Waals surface area contributed by atoms with Crippen LogP contribution in [0.1, 0.15) is 107 Å². The number of aliphatic imine (C=N–C) groups is 1. The van der Waals surface area contributed by atoms with E-state index in [4.69, 9.17) is 15.3 Å². The van der Waals surface area contributed by atoms with Crippen LogP contribution in [0.5, 0.6) is 5.75 Å². The molecule has 0 bridgehead atoms. The van der Waals surface area contributed by atoms with Crippen molar-refractivity contribution < 1.29 is 48.2 Å². The van der Waals surface area contributed by atoms with Gasteiger partial charge in [0.2, 0.25) is 23.6 Å². The van der Waals surface area contributed by atoms with Gasteiger partial charge in [-0.2, -0.15) is 10.5 Å². The number of benzene rings is 3. The van der Waals surface area contributed by atoms with Gasteiger partial charge >= 0.3 is 18.2 Å². The molecule has 0 radical (unpaired) electrons. The Balaban J connectivity index is 1.27. The Hall–Kier alpha value is -7.66. The molecular weight excluding hydrogens is 967 g/mol. The number of ether oxygens (including phenoxy) is 1. The highest BCUT2D eigenvalue weighted by Gasteiger charge is 2.34. The normalized spacial score (nSPS) is 13.0. The van der Waals surface area contributed by atoms with Crippen LogP contribution in [0.15, 0.2) is 77.8 Å². The van der Waals surface area contributed by atoms with Gasteiger partial charge in [-0.15, -0.1) is 0 Å². The van der Waals surface area contributed by atoms with Gasteiger partial charge in [-0.05, 0) is 99.4 Å². The number of carbonyl (C=O) groups is 7. The van der Waals surface area contributed by atoms with Gasteiger partial charge in [0.15, 0.2) is 5.96 Å². The number of urea groups is 2. The summed E-state index contributed by atoms with van der Waals surface area (Å²) in [4.78, 5) is 99.2. The number of unbranched alkanes of at least 4 members (excludes halogenated alkanes) is 2. The van der Waals surface area contributed by atoms with Crippen molar-refractivity contribution in [1.29, 1.82) is 0 Å². The highest BCUT2D eigenvalue weighted by atomic mass is 16.7. The number of hydroxylamine groups is 1. The zero-order valence-electron chi connectivity index (χ0n) is 43.6. The molecule has 23 heteroatoms. The molecule has 410 valence electrons. The second-order valence-electron chi connectivity index (χ2n) is 18.7. The molecule has 2 atom stereocenters. The van der Waals surface area contributed by atoms with Crippen LogP contribution in [0.4, 0.5) is 20.1 Å². The number of nitrogens with two attached hydrogens (primary N) is 1. The molecule has 1 heterocycles. The van der Waals surface area contributed by atoms with Gasteiger partial charge in [0, 0.05) is 84.0 Å². The van der Waals surface area contributed by atoms with E-state index in [1.165, 1.54) is 12.1 Å². The van der Waals surface area contributed by atoms with Crippen LogP contribution in [-0.2, 0) is 48.4 Å². The average molecular weight is 1040 g/mol. The van der Waals surface area contributed by atoms with Crippen LogP contribution in [0.3, 0.4) is 0 Å². The number of hydrogen-bond donors (Lipinski definition) is 12. The van der Waals surface area contributed by atoms with Gasteiger partial charge < -0.3 is 63.4 Å². The first-order chi connectivity index (χ1) is 36.0. The van der Waals surface area contributed by atoms with Gasteiger partial charge in [-0.25, -0.2) is 14.4 Å². The largest absolute Gasteiger partial charge is 0.508 e. The summed E-state index contributed by atoms with van der Waals surface area (Å²) in [5, 5.41) is 35.6. The Bertz CT molecular complexity index is 2320. The lowest BCUT2D eigenvalue weighted by Crippen LogP contribution is -2.50. The van der Waals surface area contributed by atoms with Crippen molar-refractivity contribution in [3.63, 3.8) is 0 Å². The first-order valence-electron chi connectivity index (χ1n) is 25.5. The molecule has 23 nitrogen and oxygen atoms in total. The van der Waals surface area contributed by atoms with Crippen LogP contribution in [0.2, 0.25) is 0 Å². The number of nitrogens with zero attached hydrogens (tertiary/aromatic N) is 2. The minimum Gasteiger partial charge on any atom is -0.508 e. The fraction of sp³-hybridized carbons (Fsp3) is 0.500. The number of carbonyl (C=O) groups excluding carboxylic acids is 7. The van der Waals surface area contributed by atoms with Crippen molar-refractivity contribution in [2.24, 2.45) is 10.7 Å². The van der Waals surface area contributed by atoms with Gasteiger partial charge in [-0.3, -0.25) is 28.9 Å². The monoisotopic (exact) mass is 1040 g/mol. The van der Waals surface area contributed by atoms with Crippen LogP contribution in [0.25, 0.3) is 0 Å². The first-order valence-corrected chi connectivity index (χ1v) is 25.5. The van der Waals surface area contributed by atoms with E-state index in [-0.39, 0.29) is 81.2 Å². The molecule has 0 saturated carbocycles. The topological polar surface area (TPSA) is 320 Å². The molecule has 3 aromatic carbocycles. The molecule has 0 aliphatic carbocycles. The maximum absolute atomic E-state index is 14.7. The van der Waals surface area contributed by atoms with E-state index < -0.39 is 35.7 Å². The summed E-state index contributed by atoms with van der Waals surface area (Å²) in [6.45, 7) is 10.4. The zero-order valence-corrected chi connectivity index (χ0v) is 43.6. The number of nitrogens with one attached hydrogen (secondary N) is 10. The second kappa shape index (κ2) is 32.5. The molecule has 0 aromatic heterocycles. The quantitative estimate of drug-likeness (QED) is 0.0197. The molecule has 1 aliphatic rings. The predicted molar refractivity (Wildman–Crippen MR) is 284 cm³/mol. The molecule has 0 spiro atoms. The fourth-order valence-electron chi connectivity index (χ4n) is 7.66. The summed E-state index contributed by atoms with van der Waals surface area (Å²) in [5.41, 5.74) is 11.9. The van der Waals surface area contributed by atoms with E-state index in [1.54, 1.807) is 39.8 Å². The van der Waals surface area contributed by atoms with Crippen LogP contribution >= 0.6 is 0 Å². The Labute approximate surface area is 439 Å². The van der Waals surface area contributed by atoms with Gasteiger partial charge in [0.25, 0.3) is 0 Å². The maximum atomic E-state index is 14.7. The van der Waals surface area contributed by atoms with Crippen molar-refractivity contribution in [3.8, 4) is 5.75 Å². The van der Waals surface area contributed by atoms with Crippen molar-refractivity contribution in [3.05, 3.63) is 95.1 Å². The molecule has 0 saturated heterocycles. The van der Waals surface area contributed by atoms with Gasteiger partial charge in [0.05, 0.1) is 6.61 Å². The first kappa shape index (κ1) is 59.9. The zero-order chi connectivity index (χ0) is 54.4. The van der Waals surface area contributed by atoms with Crippen LogP contribution in [0, 0.1) is 0 Å². The molecule has 4 rings (SSSR count). The number of hydrogen-bond acceptors (Lipinski definition) is 12. The van der Waals surface area contributed by atoms with E-state index in [2.05, 4.69) is 63.2 Å². The smallest absolute Gasteiger partial charge is 0.431 e. The summed E-state index contributed by atoms with van der Waals surface area (Å²) in [5.74, 6) is -1.02. The van der Waals surface area contributed by atoms with E-state index >= 15 is 0 Å². The number of amides is 9. The standard InChI is InChI=1S/C52H77N13O10/c1-5-43(67)56-28-29-59-50(72)63-48(53)57-25-12-18-42(46(69)61-33-36-20-22-41(66)23-21-36)62-47(70)45(65-34-38-14-8-9-15-39(38)35-65)37-16-11-17-40(32-37)54-26-13-27-55-44(68)19-7-6-10-24-58-49(71)60-30-31-74-64-51(73)75-52(2,3)4/h8-9,11,14-17,20-23,32,42,45,54,66H,5-7,10,12-13,18-19,24-31,33-35H2,1-4H3,(H,55,68)(H,56,67)(H,61,69)(H,62,70)(H,64,73)(H2,58,60,71)(H4,53,57,59,63,72)/t42-,45+/m1/s1. The molecule has 3 aromatic rings. The van der Waals surface area contributed by atoms with Crippen LogP contribution < -0.4 is 59.1 Å². The Kier molecular flexibility index (Phi) is 26.0. The van der Waals surface area contributed by atoms with Crippen LogP contribution in [-0.4, -0.2) is 122 Å². The molecule has 9 amide bonds. The highest BCUT2D eigenvalue weighted by Crippen LogP contribution is 2.33. The van der Waals surface area contributed by atoms with Crippen molar-refractivity contribution >= 4 is 53.4 Å². The number of aromatic hydroxyl groups is 1. The molecule has 13 N–H and O–H groups in total. The summed E-state index contributed by atoms with van der Waals surface area (Å²) in [6, 6.07) is 19.3. The van der Waals surface area contributed by atoms with Gasteiger partial charge in [0.1, 0.15) is 23.4 Å². The molecule has 0 fully saturated rings.